The second-order valence-electron chi connectivity index (χ2n) is 4.03. The van der Waals surface area contributed by atoms with Gasteiger partial charge in [0.25, 0.3) is 0 Å². The summed E-state index contributed by atoms with van der Waals surface area (Å²) in [5.74, 6) is 0. The lowest BCUT2D eigenvalue weighted by Gasteiger charge is -2.27. The molecule has 0 spiro atoms. The molecular weight excluding hydrogens is 206 g/mol. The Hall–Kier alpha value is 0.0969. The standard InChI is InChI=1S/C11H27NO2Si/c1-5-12(6-2)10-8-7-9-11(15,13-3)14-4/h5-10H2,1-4,15H3. The summed E-state index contributed by atoms with van der Waals surface area (Å²) < 4.78 is 10.7. The minimum absolute atomic E-state index is 0.261. The number of ether oxygens (including phenoxy) is 2. The molecule has 0 aromatic carbocycles. The maximum Gasteiger partial charge on any atom is 0.140 e. The minimum atomic E-state index is -0.261. The summed E-state index contributed by atoms with van der Waals surface area (Å²) in [5.41, 5.74) is -0.261. The first-order chi connectivity index (χ1) is 7.11. The summed E-state index contributed by atoms with van der Waals surface area (Å²) in [7, 11) is 4.40. The van der Waals surface area contributed by atoms with Crippen LogP contribution in [0.25, 0.3) is 0 Å². The van der Waals surface area contributed by atoms with E-state index in [-0.39, 0.29) is 5.41 Å². The van der Waals surface area contributed by atoms with Crippen molar-refractivity contribution in [3.05, 3.63) is 0 Å². The van der Waals surface area contributed by atoms with E-state index in [1.165, 1.54) is 19.4 Å². The van der Waals surface area contributed by atoms with Gasteiger partial charge in [-0.2, -0.15) is 0 Å². The van der Waals surface area contributed by atoms with Crippen LogP contribution in [0, 0.1) is 0 Å². The van der Waals surface area contributed by atoms with E-state index in [1.807, 2.05) is 0 Å². The second-order valence-corrected chi connectivity index (χ2v) is 5.55. The van der Waals surface area contributed by atoms with Crippen LogP contribution in [0.1, 0.15) is 33.1 Å². The Bertz CT molecular complexity index is 148. The van der Waals surface area contributed by atoms with E-state index in [2.05, 4.69) is 18.7 Å². The van der Waals surface area contributed by atoms with Crippen molar-refractivity contribution in [2.75, 3.05) is 33.9 Å². The molecule has 0 aliphatic heterocycles. The zero-order valence-electron chi connectivity index (χ0n) is 11.0. The van der Waals surface area contributed by atoms with E-state index in [4.69, 9.17) is 9.47 Å². The van der Waals surface area contributed by atoms with Crippen molar-refractivity contribution in [1.82, 2.24) is 4.90 Å². The second kappa shape index (κ2) is 8.27. The Kier molecular flexibility index (Phi) is 8.33. The summed E-state index contributed by atoms with van der Waals surface area (Å²) in [5, 5.41) is 0. The number of methoxy groups -OCH3 is 2. The molecule has 0 atom stereocenters. The summed E-state index contributed by atoms with van der Waals surface area (Å²) in [6.07, 6.45) is 3.44. The van der Waals surface area contributed by atoms with Crippen LogP contribution in [-0.4, -0.2) is 54.4 Å². The van der Waals surface area contributed by atoms with E-state index < -0.39 is 0 Å². The molecule has 3 nitrogen and oxygen atoms in total. The topological polar surface area (TPSA) is 21.7 Å². The van der Waals surface area contributed by atoms with E-state index in [0.29, 0.717) is 0 Å². The quantitative estimate of drug-likeness (QED) is 0.334. The van der Waals surface area contributed by atoms with Gasteiger partial charge in [0, 0.05) is 14.2 Å². The zero-order valence-corrected chi connectivity index (χ0v) is 13.0. The van der Waals surface area contributed by atoms with Gasteiger partial charge in [0.1, 0.15) is 5.41 Å². The first-order valence-electron chi connectivity index (χ1n) is 5.94. The molecule has 0 aliphatic carbocycles. The molecule has 15 heavy (non-hydrogen) atoms. The van der Waals surface area contributed by atoms with E-state index >= 15 is 0 Å². The van der Waals surface area contributed by atoms with Crippen LogP contribution in [0.3, 0.4) is 0 Å². The molecule has 0 heterocycles. The summed E-state index contributed by atoms with van der Waals surface area (Å²) in [4.78, 5) is 2.45. The third-order valence-electron chi connectivity index (χ3n) is 3.11. The van der Waals surface area contributed by atoms with Gasteiger partial charge in [-0.3, -0.25) is 0 Å². The van der Waals surface area contributed by atoms with Crippen LogP contribution in [0.15, 0.2) is 0 Å². The van der Waals surface area contributed by atoms with Gasteiger partial charge < -0.3 is 14.4 Å². The van der Waals surface area contributed by atoms with E-state index in [9.17, 15) is 0 Å². The molecule has 0 aromatic rings. The Morgan fingerprint density at radius 2 is 1.60 bits per heavy atom. The van der Waals surface area contributed by atoms with Crippen LogP contribution in [0.4, 0.5) is 0 Å². The van der Waals surface area contributed by atoms with Gasteiger partial charge in [0.15, 0.2) is 0 Å². The SMILES string of the molecule is CCN(CC)CCCCC([SiH3])(OC)OC. The van der Waals surface area contributed by atoms with Gasteiger partial charge in [-0.25, -0.2) is 0 Å². The number of nitrogens with zero attached hydrogens (tertiary/aromatic N) is 1. The molecule has 0 fully saturated rings. The van der Waals surface area contributed by atoms with Crippen molar-refractivity contribution in [2.24, 2.45) is 0 Å². The molecule has 0 rings (SSSR count). The van der Waals surface area contributed by atoms with Gasteiger partial charge in [0.05, 0.1) is 10.2 Å². The van der Waals surface area contributed by atoms with Crippen LogP contribution in [0.5, 0.6) is 0 Å². The fraction of sp³-hybridized carbons (Fsp3) is 1.00. The molecule has 4 heteroatoms. The van der Waals surface area contributed by atoms with Crippen molar-refractivity contribution in [3.63, 3.8) is 0 Å². The average Bonchev–Trinajstić information content (AvgIpc) is 2.29. The van der Waals surface area contributed by atoms with Gasteiger partial charge in [-0.15, -0.1) is 0 Å². The average molecular weight is 233 g/mol. The first-order valence-corrected chi connectivity index (χ1v) is 6.94. The maximum absolute atomic E-state index is 5.37. The molecule has 0 aliphatic rings. The number of hydrogen-bond donors (Lipinski definition) is 0. The monoisotopic (exact) mass is 233 g/mol. The number of unbranched alkanes of at least 4 members (excludes halogenated alkanes) is 1. The molecule has 0 amide bonds. The first kappa shape index (κ1) is 15.1. The summed E-state index contributed by atoms with van der Waals surface area (Å²) in [6, 6.07) is 0. The van der Waals surface area contributed by atoms with Crippen LogP contribution in [0.2, 0.25) is 0 Å². The molecule has 0 saturated heterocycles. The predicted octanol–water partition coefficient (Wildman–Crippen LogP) is 0.810. The Labute approximate surface area is 97.5 Å². The highest BCUT2D eigenvalue weighted by Crippen LogP contribution is 2.15. The lowest BCUT2D eigenvalue weighted by Crippen LogP contribution is -2.34. The van der Waals surface area contributed by atoms with Gasteiger partial charge in [0.2, 0.25) is 0 Å². The van der Waals surface area contributed by atoms with E-state index in [0.717, 1.165) is 29.8 Å². The number of rotatable bonds is 9. The van der Waals surface area contributed by atoms with Crippen molar-refractivity contribution >= 4 is 10.2 Å². The lowest BCUT2D eigenvalue weighted by molar-refractivity contribution is -0.146. The fourth-order valence-corrected chi connectivity index (χ4v) is 1.96. The van der Waals surface area contributed by atoms with Crippen LogP contribution in [-0.2, 0) is 9.47 Å². The Morgan fingerprint density at radius 3 is 2.00 bits per heavy atom. The minimum Gasteiger partial charge on any atom is -0.358 e. The predicted molar refractivity (Wildman–Crippen MR) is 68.3 cm³/mol. The maximum atomic E-state index is 5.37. The molecule has 92 valence electrons. The van der Waals surface area contributed by atoms with Crippen LogP contribution >= 0.6 is 0 Å². The van der Waals surface area contributed by atoms with Gasteiger partial charge >= 0.3 is 0 Å². The van der Waals surface area contributed by atoms with Crippen molar-refractivity contribution in [1.29, 1.82) is 0 Å². The molecule has 0 aromatic heterocycles. The molecule has 0 unspecified atom stereocenters. The summed E-state index contributed by atoms with van der Waals surface area (Å²) in [6.45, 7) is 7.92. The van der Waals surface area contributed by atoms with Crippen molar-refractivity contribution in [2.45, 2.75) is 38.5 Å². The highest BCUT2D eigenvalue weighted by molar-refractivity contribution is 6.13. The molecule has 0 N–H and O–H groups in total. The molecular formula is C11H27NO2Si. The smallest absolute Gasteiger partial charge is 0.140 e. The highest BCUT2D eigenvalue weighted by Gasteiger charge is 2.21. The molecule has 0 radical (unpaired) electrons. The van der Waals surface area contributed by atoms with Gasteiger partial charge in [-0.1, -0.05) is 13.8 Å². The normalized spacial score (nSPS) is 12.6. The largest absolute Gasteiger partial charge is 0.358 e. The lowest BCUT2D eigenvalue weighted by atomic mass is 10.2. The Morgan fingerprint density at radius 1 is 1.07 bits per heavy atom. The van der Waals surface area contributed by atoms with Crippen molar-refractivity contribution in [3.8, 4) is 0 Å². The third-order valence-corrected chi connectivity index (χ3v) is 4.43. The highest BCUT2D eigenvalue weighted by atomic mass is 28.1. The Balaban J connectivity index is 3.60. The third kappa shape index (κ3) is 6.30. The van der Waals surface area contributed by atoms with Gasteiger partial charge in [-0.05, 0) is 38.9 Å². The molecule has 0 saturated carbocycles. The van der Waals surface area contributed by atoms with E-state index in [1.54, 1.807) is 14.2 Å². The van der Waals surface area contributed by atoms with Crippen LogP contribution < -0.4 is 0 Å². The number of hydrogen-bond acceptors (Lipinski definition) is 3. The zero-order chi connectivity index (χ0) is 11.7. The summed E-state index contributed by atoms with van der Waals surface area (Å²) >= 11 is 0. The molecule has 0 bridgehead atoms. The van der Waals surface area contributed by atoms with Crippen molar-refractivity contribution < 1.29 is 9.47 Å². The fourth-order valence-electron chi connectivity index (χ4n) is 1.61.